The minimum Gasteiger partial charge on any atom is -0.469 e. The molecule has 1 aromatic heterocycles. The molecular weight excluding hydrogens is 267 g/mol. The average Bonchev–Trinajstić information content (AvgIpc) is 2.32. The molecule has 0 atom stereocenters. The molecule has 1 heterocycles. The zero-order valence-electron chi connectivity index (χ0n) is 9.95. The standard InChI is InChI=1S/C10H12F3N3O3/c1-18-7(17)2-6-8(19-10(11,12)13)5(3-14)4-16-9(6)15/h4H,2-3,14H2,1H3,(H2,15,16). The molecule has 106 valence electrons. The molecule has 9 heteroatoms. The van der Waals surface area contributed by atoms with Gasteiger partial charge in [0.1, 0.15) is 11.6 Å². The Balaban J connectivity index is 3.28. The van der Waals surface area contributed by atoms with Crippen molar-refractivity contribution in [1.82, 2.24) is 4.98 Å². The van der Waals surface area contributed by atoms with E-state index in [4.69, 9.17) is 11.5 Å². The predicted molar refractivity (Wildman–Crippen MR) is 58.9 cm³/mol. The first-order valence-corrected chi connectivity index (χ1v) is 5.07. The van der Waals surface area contributed by atoms with Gasteiger partial charge in [0.15, 0.2) is 0 Å². The van der Waals surface area contributed by atoms with Crippen molar-refractivity contribution in [3.63, 3.8) is 0 Å². The number of carbonyl (C=O) groups is 1. The van der Waals surface area contributed by atoms with Crippen LogP contribution in [-0.4, -0.2) is 24.4 Å². The Morgan fingerprint density at radius 2 is 2.11 bits per heavy atom. The maximum Gasteiger partial charge on any atom is 0.573 e. The maximum absolute atomic E-state index is 12.3. The first-order chi connectivity index (χ1) is 8.78. The van der Waals surface area contributed by atoms with Gasteiger partial charge in [-0.2, -0.15) is 0 Å². The molecule has 19 heavy (non-hydrogen) atoms. The van der Waals surface area contributed by atoms with Crippen molar-refractivity contribution in [2.24, 2.45) is 5.73 Å². The molecule has 0 aliphatic rings. The van der Waals surface area contributed by atoms with E-state index in [0.717, 1.165) is 13.3 Å². The van der Waals surface area contributed by atoms with Crippen LogP contribution >= 0.6 is 0 Å². The van der Waals surface area contributed by atoms with Crippen LogP contribution in [-0.2, 0) is 22.5 Å². The van der Waals surface area contributed by atoms with Gasteiger partial charge < -0.3 is 20.9 Å². The van der Waals surface area contributed by atoms with Crippen LogP contribution in [0.5, 0.6) is 5.75 Å². The van der Waals surface area contributed by atoms with E-state index in [-0.39, 0.29) is 23.5 Å². The summed E-state index contributed by atoms with van der Waals surface area (Å²) < 4.78 is 45.3. The molecule has 0 amide bonds. The Morgan fingerprint density at radius 1 is 1.47 bits per heavy atom. The molecule has 0 bridgehead atoms. The Bertz CT molecular complexity index is 477. The number of hydrogen-bond donors (Lipinski definition) is 2. The highest BCUT2D eigenvalue weighted by Crippen LogP contribution is 2.32. The van der Waals surface area contributed by atoms with Gasteiger partial charge in [0.05, 0.1) is 13.5 Å². The van der Waals surface area contributed by atoms with Crippen LogP contribution in [0.25, 0.3) is 0 Å². The Labute approximate surface area is 106 Å². The van der Waals surface area contributed by atoms with Crippen LogP contribution in [0.2, 0.25) is 0 Å². The van der Waals surface area contributed by atoms with Crippen molar-refractivity contribution >= 4 is 11.8 Å². The number of halogens is 3. The Hall–Kier alpha value is -2.03. The number of nitrogens with two attached hydrogens (primary N) is 2. The van der Waals surface area contributed by atoms with Crippen LogP contribution < -0.4 is 16.2 Å². The van der Waals surface area contributed by atoms with E-state index in [0.29, 0.717) is 0 Å². The van der Waals surface area contributed by atoms with E-state index in [1.807, 2.05) is 0 Å². The monoisotopic (exact) mass is 279 g/mol. The SMILES string of the molecule is COC(=O)Cc1c(N)ncc(CN)c1OC(F)(F)F. The fourth-order valence-electron chi connectivity index (χ4n) is 1.37. The third kappa shape index (κ3) is 3.98. The van der Waals surface area contributed by atoms with E-state index < -0.39 is 24.5 Å². The van der Waals surface area contributed by atoms with E-state index >= 15 is 0 Å². The highest BCUT2D eigenvalue weighted by Gasteiger charge is 2.34. The summed E-state index contributed by atoms with van der Waals surface area (Å²) in [7, 11) is 1.10. The van der Waals surface area contributed by atoms with Crippen LogP contribution in [0.3, 0.4) is 0 Å². The number of nitrogens with zero attached hydrogens (tertiary/aromatic N) is 1. The van der Waals surface area contributed by atoms with E-state index in [1.54, 1.807) is 0 Å². The second-order valence-electron chi connectivity index (χ2n) is 3.48. The van der Waals surface area contributed by atoms with Gasteiger partial charge in [-0.25, -0.2) is 4.98 Å². The lowest BCUT2D eigenvalue weighted by molar-refractivity contribution is -0.275. The van der Waals surface area contributed by atoms with Crippen molar-refractivity contribution in [1.29, 1.82) is 0 Å². The number of esters is 1. The molecule has 1 rings (SSSR count). The molecule has 0 aliphatic carbocycles. The number of pyridine rings is 1. The largest absolute Gasteiger partial charge is 0.573 e. The third-order valence-electron chi connectivity index (χ3n) is 2.22. The van der Waals surface area contributed by atoms with Crippen molar-refractivity contribution in [3.05, 3.63) is 17.3 Å². The topological polar surface area (TPSA) is 100 Å². The molecule has 0 saturated carbocycles. The predicted octanol–water partition coefficient (Wildman–Crippen LogP) is 0.737. The number of ether oxygens (including phenoxy) is 2. The summed E-state index contributed by atoms with van der Waals surface area (Å²) in [5.74, 6) is -1.62. The van der Waals surface area contributed by atoms with Crippen molar-refractivity contribution < 1.29 is 27.4 Å². The summed E-state index contributed by atoms with van der Waals surface area (Å²) in [5.41, 5.74) is 10.6. The lowest BCUT2D eigenvalue weighted by Gasteiger charge is -2.17. The number of nitrogen functional groups attached to an aromatic ring is 1. The fraction of sp³-hybridized carbons (Fsp3) is 0.400. The number of carbonyl (C=O) groups excluding carboxylic acids is 1. The minimum absolute atomic E-state index is 0.00886. The lowest BCUT2D eigenvalue weighted by Crippen LogP contribution is -2.22. The van der Waals surface area contributed by atoms with Crippen molar-refractivity contribution in [2.45, 2.75) is 19.3 Å². The number of anilines is 1. The second-order valence-corrected chi connectivity index (χ2v) is 3.48. The normalized spacial score (nSPS) is 11.2. The van der Waals surface area contributed by atoms with Gasteiger partial charge in [0, 0.05) is 23.9 Å². The first kappa shape index (κ1) is 15.0. The molecule has 4 N–H and O–H groups in total. The molecule has 6 nitrogen and oxygen atoms in total. The van der Waals surface area contributed by atoms with Gasteiger partial charge >= 0.3 is 12.3 Å². The van der Waals surface area contributed by atoms with E-state index in [2.05, 4.69) is 14.5 Å². The molecular formula is C10H12F3N3O3. The number of aromatic nitrogens is 1. The lowest BCUT2D eigenvalue weighted by atomic mass is 10.1. The smallest absolute Gasteiger partial charge is 0.469 e. The van der Waals surface area contributed by atoms with Gasteiger partial charge in [-0.3, -0.25) is 4.79 Å². The summed E-state index contributed by atoms with van der Waals surface area (Å²) in [6, 6.07) is 0. The summed E-state index contributed by atoms with van der Waals surface area (Å²) in [4.78, 5) is 14.8. The van der Waals surface area contributed by atoms with Crippen LogP contribution in [0, 0.1) is 0 Å². The van der Waals surface area contributed by atoms with Gasteiger partial charge in [-0.15, -0.1) is 13.2 Å². The van der Waals surface area contributed by atoms with Gasteiger partial charge in [0.2, 0.25) is 0 Å². The third-order valence-corrected chi connectivity index (χ3v) is 2.22. The average molecular weight is 279 g/mol. The van der Waals surface area contributed by atoms with Crippen LogP contribution in [0.4, 0.5) is 19.0 Å². The van der Waals surface area contributed by atoms with Crippen LogP contribution in [0.15, 0.2) is 6.20 Å². The number of hydrogen-bond acceptors (Lipinski definition) is 6. The van der Waals surface area contributed by atoms with E-state index in [9.17, 15) is 18.0 Å². The highest BCUT2D eigenvalue weighted by molar-refractivity contribution is 5.76. The second kappa shape index (κ2) is 5.74. The number of rotatable bonds is 4. The quantitative estimate of drug-likeness (QED) is 0.788. The molecule has 0 unspecified atom stereocenters. The molecule has 0 radical (unpaired) electrons. The number of methoxy groups -OCH3 is 1. The summed E-state index contributed by atoms with van der Waals surface area (Å²) in [6.07, 6.45) is -4.35. The Kier molecular flexibility index (Phi) is 4.54. The zero-order valence-corrected chi connectivity index (χ0v) is 9.95. The van der Waals surface area contributed by atoms with Crippen molar-refractivity contribution in [2.75, 3.05) is 12.8 Å². The van der Waals surface area contributed by atoms with E-state index in [1.165, 1.54) is 0 Å². The minimum atomic E-state index is -4.93. The molecule has 0 aromatic carbocycles. The first-order valence-electron chi connectivity index (χ1n) is 5.07. The van der Waals surface area contributed by atoms with Crippen LogP contribution in [0.1, 0.15) is 11.1 Å². The zero-order chi connectivity index (χ0) is 14.6. The summed E-state index contributed by atoms with van der Waals surface area (Å²) >= 11 is 0. The van der Waals surface area contributed by atoms with Crippen molar-refractivity contribution in [3.8, 4) is 5.75 Å². The fourth-order valence-corrected chi connectivity index (χ4v) is 1.37. The van der Waals surface area contributed by atoms with Gasteiger partial charge in [0.25, 0.3) is 0 Å². The maximum atomic E-state index is 12.3. The highest BCUT2D eigenvalue weighted by atomic mass is 19.4. The molecule has 0 aliphatic heterocycles. The summed E-state index contributed by atoms with van der Waals surface area (Å²) in [5, 5.41) is 0. The summed E-state index contributed by atoms with van der Waals surface area (Å²) in [6.45, 7) is -0.243. The molecule has 1 aromatic rings. The molecule has 0 saturated heterocycles. The molecule has 0 spiro atoms. The van der Waals surface area contributed by atoms with Gasteiger partial charge in [-0.1, -0.05) is 0 Å². The number of alkyl halides is 3. The van der Waals surface area contributed by atoms with Gasteiger partial charge in [-0.05, 0) is 0 Å². The Morgan fingerprint density at radius 3 is 2.58 bits per heavy atom. The molecule has 0 fully saturated rings.